The Balaban J connectivity index is 1.47. The van der Waals surface area contributed by atoms with Gasteiger partial charge in [0, 0.05) is 30.6 Å². The number of ketones is 1. The third-order valence-corrected chi connectivity index (χ3v) is 5.56. The number of halogens is 2. The van der Waals surface area contributed by atoms with Gasteiger partial charge in [0.1, 0.15) is 11.9 Å². The number of urea groups is 1. The van der Waals surface area contributed by atoms with Crippen molar-refractivity contribution in [3.63, 3.8) is 0 Å². The molecule has 164 valence electrons. The predicted octanol–water partition coefficient (Wildman–Crippen LogP) is 4.15. The maximum Gasteiger partial charge on any atom is 0.343 e. The van der Waals surface area contributed by atoms with E-state index in [1.165, 1.54) is 23.0 Å². The number of primary amides is 1. The molecule has 0 radical (unpaired) electrons. The Hall–Kier alpha value is -3.72. The first-order valence-electron chi connectivity index (χ1n) is 9.85. The monoisotopic (exact) mass is 455 g/mol. The Bertz CT molecular complexity index is 1260. The van der Waals surface area contributed by atoms with Crippen LogP contribution in [-0.4, -0.2) is 39.7 Å². The third-order valence-electron chi connectivity index (χ3n) is 5.27. The molecule has 0 aliphatic carbocycles. The lowest BCUT2D eigenvalue weighted by molar-refractivity contribution is -0.122. The lowest BCUT2D eigenvalue weighted by Gasteiger charge is -2.21. The van der Waals surface area contributed by atoms with E-state index >= 15 is 0 Å². The van der Waals surface area contributed by atoms with Crippen molar-refractivity contribution in [2.75, 3.05) is 5.32 Å². The van der Waals surface area contributed by atoms with Crippen LogP contribution in [0.25, 0.3) is 10.9 Å². The molecule has 32 heavy (non-hydrogen) atoms. The molecule has 3 aromatic rings. The SMILES string of the molecule is NC(=O)n1cc(NC(=O)N2N=CCC2C(=O)CCc2cccc(Cl)c2F)c2ccccc21. The number of carbonyl (C=O) groups is 3. The summed E-state index contributed by atoms with van der Waals surface area (Å²) in [6.45, 7) is 0. The molecule has 1 unspecified atom stereocenters. The van der Waals surface area contributed by atoms with E-state index < -0.39 is 23.9 Å². The second-order valence-electron chi connectivity index (χ2n) is 7.27. The Labute approximate surface area is 187 Å². The van der Waals surface area contributed by atoms with Crippen molar-refractivity contribution in [2.24, 2.45) is 10.8 Å². The first-order valence-corrected chi connectivity index (χ1v) is 10.2. The molecule has 0 saturated carbocycles. The summed E-state index contributed by atoms with van der Waals surface area (Å²) in [4.78, 5) is 37.3. The van der Waals surface area contributed by atoms with Crippen molar-refractivity contribution in [3.05, 3.63) is 65.1 Å². The van der Waals surface area contributed by atoms with Gasteiger partial charge in [-0.3, -0.25) is 9.36 Å². The average molecular weight is 456 g/mol. The van der Waals surface area contributed by atoms with Crippen molar-refractivity contribution in [3.8, 4) is 0 Å². The normalized spacial score (nSPS) is 15.3. The first-order chi connectivity index (χ1) is 15.4. The second kappa shape index (κ2) is 8.80. The van der Waals surface area contributed by atoms with Gasteiger partial charge in [0.25, 0.3) is 0 Å². The molecule has 2 aromatic carbocycles. The first kappa shape index (κ1) is 21.5. The molecule has 4 rings (SSSR count). The molecule has 1 atom stereocenters. The molecule has 1 aliphatic rings. The van der Waals surface area contributed by atoms with Gasteiger partial charge >= 0.3 is 12.1 Å². The number of benzene rings is 2. The summed E-state index contributed by atoms with van der Waals surface area (Å²) < 4.78 is 15.3. The highest BCUT2D eigenvalue weighted by atomic mass is 35.5. The highest BCUT2D eigenvalue weighted by Crippen LogP contribution is 2.27. The highest BCUT2D eigenvalue weighted by Gasteiger charge is 2.33. The molecule has 2 heterocycles. The van der Waals surface area contributed by atoms with Crippen molar-refractivity contribution in [1.82, 2.24) is 9.58 Å². The number of fused-ring (bicyclic) bond motifs is 1. The Kier molecular flexibility index (Phi) is 5.91. The molecule has 3 N–H and O–H groups in total. The fourth-order valence-corrected chi connectivity index (χ4v) is 3.87. The molecular formula is C22H19ClFN5O3. The molecule has 1 aromatic heterocycles. The summed E-state index contributed by atoms with van der Waals surface area (Å²) in [5, 5.41) is 8.39. The van der Waals surface area contributed by atoms with Gasteiger partial charge in [0.05, 0.1) is 16.2 Å². The Morgan fingerprint density at radius 3 is 2.75 bits per heavy atom. The Morgan fingerprint density at radius 1 is 1.19 bits per heavy atom. The largest absolute Gasteiger partial charge is 0.351 e. The van der Waals surface area contributed by atoms with Crippen LogP contribution in [0.1, 0.15) is 18.4 Å². The fraction of sp³-hybridized carbons (Fsp3) is 0.182. The van der Waals surface area contributed by atoms with Gasteiger partial charge in [-0.1, -0.05) is 41.9 Å². The van der Waals surface area contributed by atoms with Crippen molar-refractivity contribution in [2.45, 2.75) is 25.3 Å². The van der Waals surface area contributed by atoms with Gasteiger partial charge in [-0.2, -0.15) is 5.10 Å². The zero-order valence-corrected chi connectivity index (χ0v) is 17.6. The number of aryl methyl sites for hydroxylation is 1. The number of Topliss-reactive ketones (excluding diaryl/α,β-unsaturated/α-hetero) is 1. The van der Waals surface area contributed by atoms with Crippen LogP contribution in [0.5, 0.6) is 0 Å². The molecule has 0 fully saturated rings. The van der Waals surface area contributed by atoms with Crippen LogP contribution in [0.15, 0.2) is 53.8 Å². The number of rotatable bonds is 5. The zero-order chi connectivity index (χ0) is 22.8. The molecule has 0 bridgehead atoms. The molecule has 10 heteroatoms. The predicted molar refractivity (Wildman–Crippen MR) is 119 cm³/mol. The van der Waals surface area contributed by atoms with Gasteiger partial charge in [-0.15, -0.1) is 0 Å². The molecule has 0 spiro atoms. The maximum absolute atomic E-state index is 14.1. The number of para-hydroxylation sites is 1. The number of hydrogen-bond acceptors (Lipinski definition) is 4. The summed E-state index contributed by atoms with van der Waals surface area (Å²) in [5.74, 6) is -0.804. The van der Waals surface area contributed by atoms with E-state index in [1.807, 2.05) is 0 Å². The van der Waals surface area contributed by atoms with Crippen LogP contribution in [0.3, 0.4) is 0 Å². The Morgan fingerprint density at radius 2 is 1.97 bits per heavy atom. The van der Waals surface area contributed by atoms with Crippen molar-refractivity contribution in [1.29, 1.82) is 0 Å². The van der Waals surface area contributed by atoms with Crippen LogP contribution in [0.2, 0.25) is 5.02 Å². The van der Waals surface area contributed by atoms with E-state index in [4.69, 9.17) is 17.3 Å². The molecule has 0 saturated heterocycles. The summed E-state index contributed by atoms with van der Waals surface area (Å²) in [6.07, 6.45) is 3.34. The maximum atomic E-state index is 14.1. The molecule has 3 amide bonds. The van der Waals surface area contributed by atoms with Crippen molar-refractivity contribution >= 4 is 52.3 Å². The number of nitrogens with zero attached hydrogens (tertiary/aromatic N) is 3. The average Bonchev–Trinajstić information content (AvgIpc) is 3.40. The van der Waals surface area contributed by atoms with E-state index in [0.29, 0.717) is 22.2 Å². The van der Waals surface area contributed by atoms with Crippen LogP contribution in [0, 0.1) is 5.82 Å². The number of hydrazone groups is 1. The quantitative estimate of drug-likeness (QED) is 0.602. The number of hydrogen-bond donors (Lipinski definition) is 2. The number of anilines is 1. The third kappa shape index (κ3) is 4.06. The van der Waals surface area contributed by atoms with Gasteiger partial charge in [-0.05, 0) is 24.1 Å². The minimum absolute atomic E-state index is 0.00437. The molecular weight excluding hydrogens is 437 g/mol. The smallest absolute Gasteiger partial charge is 0.343 e. The van der Waals surface area contributed by atoms with E-state index in [0.717, 1.165) is 5.01 Å². The fourth-order valence-electron chi connectivity index (χ4n) is 3.68. The van der Waals surface area contributed by atoms with Crippen LogP contribution < -0.4 is 11.1 Å². The minimum Gasteiger partial charge on any atom is -0.351 e. The van der Waals surface area contributed by atoms with Crippen molar-refractivity contribution < 1.29 is 18.8 Å². The highest BCUT2D eigenvalue weighted by molar-refractivity contribution is 6.30. The van der Waals surface area contributed by atoms with Crippen LogP contribution >= 0.6 is 11.6 Å². The number of amides is 3. The second-order valence-corrected chi connectivity index (χ2v) is 7.68. The lowest BCUT2D eigenvalue weighted by Crippen LogP contribution is -2.41. The minimum atomic E-state index is -0.804. The summed E-state index contributed by atoms with van der Waals surface area (Å²) >= 11 is 5.79. The van der Waals surface area contributed by atoms with Gasteiger partial charge < -0.3 is 11.1 Å². The van der Waals surface area contributed by atoms with Gasteiger partial charge in [0.2, 0.25) is 0 Å². The number of nitrogens with one attached hydrogen (secondary N) is 1. The standard InChI is InChI=1S/C22H19ClFN5O3/c23-15-6-3-4-13(20(15)24)8-9-19(30)18-10-11-26-29(18)22(32)27-16-12-28(21(25)31)17-7-2-1-5-14(16)17/h1-7,11-12,18H,8-10H2,(H2,25,31)(H,27,32). The van der Waals surface area contributed by atoms with E-state index in [-0.39, 0.29) is 30.1 Å². The zero-order valence-electron chi connectivity index (χ0n) is 16.8. The topological polar surface area (TPSA) is 110 Å². The lowest BCUT2D eigenvalue weighted by atomic mass is 10.0. The van der Waals surface area contributed by atoms with Crippen LogP contribution in [0.4, 0.5) is 19.7 Å². The van der Waals surface area contributed by atoms with E-state index in [1.54, 1.807) is 36.4 Å². The van der Waals surface area contributed by atoms with E-state index in [2.05, 4.69) is 10.4 Å². The number of nitrogens with two attached hydrogens (primary N) is 1. The molecule has 8 nitrogen and oxygen atoms in total. The molecule has 1 aliphatic heterocycles. The number of carbonyl (C=O) groups excluding carboxylic acids is 3. The summed E-state index contributed by atoms with van der Waals surface area (Å²) in [6, 6.07) is 9.44. The van der Waals surface area contributed by atoms with Crippen LogP contribution in [-0.2, 0) is 11.2 Å². The summed E-state index contributed by atoms with van der Waals surface area (Å²) in [7, 11) is 0. The number of aromatic nitrogens is 1. The van der Waals surface area contributed by atoms with E-state index in [9.17, 15) is 18.8 Å². The van der Waals surface area contributed by atoms with Gasteiger partial charge in [0.15, 0.2) is 5.78 Å². The summed E-state index contributed by atoms with van der Waals surface area (Å²) in [5.41, 5.74) is 6.64. The van der Waals surface area contributed by atoms with Gasteiger partial charge in [-0.25, -0.2) is 19.0 Å².